The van der Waals surface area contributed by atoms with Gasteiger partial charge in [0.25, 0.3) is 0 Å². The van der Waals surface area contributed by atoms with Crippen LogP contribution in [0.5, 0.6) is 5.75 Å². The fraction of sp³-hybridized carbons (Fsp3) is 0.158. The molecule has 0 fully saturated rings. The highest BCUT2D eigenvalue weighted by Crippen LogP contribution is 2.19. The zero-order valence-corrected chi connectivity index (χ0v) is 14.5. The lowest BCUT2D eigenvalue weighted by atomic mass is 10.2. The van der Waals surface area contributed by atoms with E-state index in [1.165, 1.54) is 11.3 Å². The molecule has 0 unspecified atom stereocenters. The average molecular weight is 337 g/mol. The second-order valence-corrected chi connectivity index (χ2v) is 5.97. The minimum absolute atomic E-state index is 0.832. The largest absolute Gasteiger partial charge is 0.497 e. The summed E-state index contributed by atoms with van der Waals surface area (Å²) in [5.41, 5.74) is 3.35. The van der Waals surface area contributed by atoms with E-state index in [1.807, 2.05) is 42.5 Å². The SMILES string of the molecule is CCn1c(-c2ccccc2)cs/c1=N\N=C/c1ccc(OC)cc1. The molecule has 5 heteroatoms. The van der Waals surface area contributed by atoms with E-state index in [1.54, 1.807) is 24.7 Å². The minimum Gasteiger partial charge on any atom is -0.497 e. The van der Waals surface area contributed by atoms with Crippen LogP contribution in [0.2, 0.25) is 0 Å². The maximum atomic E-state index is 5.15. The summed E-state index contributed by atoms with van der Waals surface area (Å²) >= 11 is 1.60. The van der Waals surface area contributed by atoms with E-state index < -0.39 is 0 Å². The summed E-state index contributed by atoms with van der Waals surface area (Å²) in [6.45, 7) is 2.97. The first kappa shape index (κ1) is 16.2. The summed E-state index contributed by atoms with van der Waals surface area (Å²) in [5.74, 6) is 0.832. The summed E-state index contributed by atoms with van der Waals surface area (Å²) in [7, 11) is 1.66. The fourth-order valence-corrected chi connectivity index (χ4v) is 3.32. The van der Waals surface area contributed by atoms with Gasteiger partial charge in [-0.2, -0.15) is 5.10 Å². The summed E-state index contributed by atoms with van der Waals surface area (Å²) < 4.78 is 7.32. The van der Waals surface area contributed by atoms with Gasteiger partial charge in [0.1, 0.15) is 5.75 Å². The Balaban J connectivity index is 1.87. The molecule has 0 saturated carbocycles. The van der Waals surface area contributed by atoms with Crippen molar-refractivity contribution in [1.82, 2.24) is 4.57 Å². The van der Waals surface area contributed by atoms with E-state index in [0.717, 1.165) is 22.7 Å². The number of hydrogen-bond acceptors (Lipinski definition) is 4. The van der Waals surface area contributed by atoms with Gasteiger partial charge in [0.05, 0.1) is 19.0 Å². The Hall–Kier alpha value is -2.66. The zero-order valence-electron chi connectivity index (χ0n) is 13.7. The molecule has 0 amide bonds. The number of nitrogens with zero attached hydrogens (tertiary/aromatic N) is 3. The van der Waals surface area contributed by atoms with Gasteiger partial charge >= 0.3 is 0 Å². The van der Waals surface area contributed by atoms with Crippen LogP contribution in [0.4, 0.5) is 0 Å². The number of aromatic nitrogens is 1. The average Bonchev–Trinajstić information content (AvgIpc) is 3.06. The van der Waals surface area contributed by atoms with Gasteiger partial charge in [0, 0.05) is 11.9 Å². The lowest BCUT2D eigenvalue weighted by molar-refractivity contribution is 0.415. The zero-order chi connectivity index (χ0) is 16.8. The van der Waals surface area contributed by atoms with Crippen molar-refractivity contribution in [2.75, 3.05) is 7.11 Å². The molecule has 1 aromatic heterocycles. The van der Waals surface area contributed by atoms with Crippen molar-refractivity contribution < 1.29 is 4.74 Å². The van der Waals surface area contributed by atoms with E-state index in [4.69, 9.17) is 4.74 Å². The molecule has 0 spiro atoms. The lowest BCUT2D eigenvalue weighted by Gasteiger charge is -2.05. The highest BCUT2D eigenvalue weighted by Gasteiger charge is 2.05. The third kappa shape index (κ3) is 3.63. The first-order valence-corrected chi connectivity index (χ1v) is 8.64. The Morgan fingerprint density at radius 3 is 2.50 bits per heavy atom. The van der Waals surface area contributed by atoms with E-state index in [-0.39, 0.29) is 0 Å². The van der Waals surface area contributed by atoms with Gasteiger partial charge in [-0.1, -0.05) is 30.3 Å². The molecule has 4 nitrogen and oxygen atoms in total. The number of hydrogen-bond donors (Lipinski definition) is 0. The first-order valence-electron chi connectivity index (χ1n) is 7.76. The van der Waals surface area contributed by atoms with Crippen LogP contribution in [0.3, 0.4) is 0 Å². The van der Waals surface area contributed by atoms with Crippen molar-refractivity contribution >= 4 is 17.6 Å². The van der Waals surface area contributed by atoms with Crippen LogP contribution in [0.15, 0.2) is 70.2 Å². The molecule has 0 aliphatic rings. The molecule has 0 atom stereocenters. The van der Waals surface area contributed by atoms with Crippen LogP contribution < -0.4 is 9.54 Å². The Morgan fingerprint density at radius 2 is 1.83 bits per heavy atom. The highest BCUT2D eigenvalue weighted by molar-refractivity contribution is 7.07. The Bertz CT molecular complexity index is 877. The van der Waals surface area contributed by atoms with Crippen LogP contribution in [0.1, 0.15) is 12.5 Å². The monoisotopic (exact) mass is 337 g/mol. The summed E-state index contributed by atoms with van der Waals surface area (Å²) in [5, 5.41) is 10.7. The lowest BCUT2D eigenvalue weighted by Crippen LogP contribution is -2.14. The van der Waals surface area contributed by atoms with E-state index in [9.17, 15) is 0 Å². The van der Waals surface area contributed by atoms with Gasteiger partial charge in [-0.3, -0.25) is 0 Å². The van der Waals surface area contributed by atoms with Crippen LogP contribution in [-0.4, -0.2) is 17.9 Å². The second-order valence-electron chi connectivity index (χ2n) is 5.13. The molecule has 0 N–H and O–H groups in total. The maximum Gasteiger partial charge on any atom is 0.211 e. The highest BCUT2D eigenvalue weighted by atomic mass is 32.1. The number of benzene rings is 2. The molecule has 3 rings (SSSR count). The smallest absolute Gasteiger partial charge is 0.211 e. The molecule has 3 aromatic rings. The topological polar surface area (TPSA) is 38.9 Å². The molecule has 122 valence electrons. The van der Waals surface area contributed by atoms with E-state index >= 15 is 0 Å². The molecule has 2 aromatic carbocycles. The molecule has 0 bridgehead atoms. The van der Waals surface area contributed by atoms with Crippen LogP contribution >= 0.6 is 11.3 Å². The van der Waals surface area contributed by atoms with E-state index in [0.29, 0.717) is 0 Å². The first-order chi connectivity index (χ1) is 11.8. The molecule has 0 aliphatic heterocycles. The summed E-state index contributed by atoms with van der Waals surface area (Å²) in [6, 6.07) is 18.1. The number of thiazole rings is 1. The minimum atomic E-state index is 0.832. The Morgan fingerprint density at radius 1 is 1.08 bits per heavy atom. The maximum absolute atomic E-state index is 5.15. The molecule has 0 saturated heterocycles. The van der Waals surface area contributed by atoms with Gasteiger partial charge in [0.2, 0.25) is 4.80 Å². The number of ether oxygens (including phenoxy) is 1. The Kier molecular flexibility index (Phi) is 5.23. The fourth-order valence-electron chi connectivity index (χ4n) is 2.39. The predicted molar refractivity (Wildman–Crippen MR) is 99.6 cm³/mol. The van der Waals surface area contributed by atoms with Crippen molar-refractivity contribution in [2.24, 2.45) is 10.2 Å². The standard InChI is InChI=1S/C19H19N3OS/c1-3-22-18(16-7-5-4-6-8-16)14-24-19(22)21-20-13-15-9-11-17(23-2)12-10-15/h4-14H,3H2,1-2H3/b20-13-,21-19-. The molecular weight excluding hydrogens is 318 g/mol. The third-order valence-electron chi connectivity index (χ3n) is 3.65. The van der Waals surface area contributed by atoms with Crippen molar-refractivity contribution in [3.8, 4) is 17.0 Å². The van der Waals surface area contributed by atoms with Crippen LogP contribution in [-0.2, 0) is 6.54 Å². The molecule has 1 heterocycles. The third-order valence-corrected chi connectivity index (χ3v) is 4.50. The van der Waals surface area contributed by atoms with Crippen molar-refractivity contribution in [3.63, 3.8) is 0 Å². The summed E-state index contributed by atoms with van der Waals surface area (Å²) in [6.07, 6.45) is 1.75. The molecule has 0 aliphatic carbocycles. The number of methoxy groups -OCH3 is 1. The van der Waals surface area contributed by atoms with Gasteiger partial charge < -0.3 is 9.30 Å². The van der Waals surface area contributed by atoms with Gasteiger partial charge in [-0.15, -0.1) is 16.4 Å². The second kappa shape index (κ2) is 7.75. The van der Waals surface area contributed by atoms with Crippen molar-refractivity contribution in [2.45, 2.75) is 13.5 Å². The molecular formula is C19H19N3OS. The van der Waals surface area contributed by atoms with Crippen molar-refractivity contribution in [3.05, 3.63) is 70.3 Å². The normalized spacial score (nSPS) is 12.0. The van der Waals surface area contributed by atoms with Crippen molar-refractivity contribution in [1.29, 1.82) is 0 Å². The Labute approximate surface area is 145 Å². The molecule has 0 radical (unpaired) electrons. The van der Waals surface area contributed by atoms with Crippen LogP contribution in [0.25, 0.3) is 11.3 Å². The quantitative estimate of drug-likeness (QED) is 0.508. The molecule has 24 heavy (non-hydrogen) atoms. The van der Waals surface area contributed by atoms with Gasteiger partial charge in [-0.05, 0) is 42.3 Å². The predicted octanol–water partition coefficient (Wildman–Crippen LogP) is 4.18. The van der Waals surface area contributed by atoms with Gasteiger partial charge in [-0.25, -0.2) is 0 Å². The summed E-state index contributed by atoms with van der Waals surface area (Å²) in [4.78, 5) is 0.890. The van der Waals surface area contributed by atoms with Crippen LogP contribution in [0, 0.1) is 0 Å². The number of rotatable bonds is 5. The van der Waals surface area contributed by atoms with E-state index in [2.05, 4.69) is 39.2 Å². The van der Waals surface area contributed by atoms with Gasteiger partial charge in [0.15, 0.2) is 0 Å².